The second-order valence-electron chi connectivity index (χ2n) is 7.37. The molecule has 0 bridgehead atoms. The van der Waals surface area contributed by atoms with Gasteiger partial charge < -0.3 is 20.1 Å². The fourth-order valence-corrected chi connectivity index (χ4v) is 3.14. The lowest BCUT2D eigenvalue weighted by atomic mass is 9.94. The number of hydrogen-bond acceptors (Lipinski definition) is 4. The first kappa shape index (κ1) is 21.8. The van der Waals surface area contributed by atoms with Crippen LogP contribution in [0.15, 0.2) is 54.7 Å². The molecule has 0 aliphatic carbocycles. The SMILES string of the molecule is CC(C)(Cc1c[nH]c2ccccc12)NCC(O)COc1ccccc1C#N.Cl. The van der Waals surface area contributed by atoms with Gasteiger partial charge in [0, 0.05) is 29.2 Å². The highest BCUT2D eigenvalue weighted by Gasteiger charge is 2.21. The second-order valence-corrected chi connectivity index (χ2v) is 7.37. The van der Waals surface area contributed by atoms with Gasteiger partial charge in [0.25, 0.3) is 0 Å². The molecule has 0 aliphatic heterocycles. The van der Waals surface area contributed by atoms with Crippen molar-refractivity contribution < 1.29 is 9.84 Å². The van der Waals surface area contributed by atoms with Gasteiger partial charge in [-0.1, -0.05) is 30.3 Å². The number of aliphatic hydroxyl groups is 1. The van der Waals surface area contributed by atoms with E-state index in [0.717, 1.165) is 11.9 Å². The molecular weight excluding hydrogens is 374 g/mol. The summed E-state index contributed by atoms with van der Waals surface area (Å²) in [5.74, 6) is 0.497. The van der Waals surface area contributed by atoms with Gasteiger partial charge in [0.1, 0.15) is 24.5 Å². The molecule has 0 spiro atoms. The summed E-state index contributed by atoms with van der Waals surface area (Å²) < 4.78 is 5.60. The minimum Gasteiger partial charge on any atom is -0.489 e. The highest BCUT2D eigenvalue weighted by atomic mass is 35.5. The van der Waals surface area contributed by atoms with Gasteiger partial charge in [-0.2, -0.15) is 5.26 Å². The van der Waals surface area contributed by atoms with Crippen molar-refractivity contribution in [2.45, 2.75) is 31.9 Å². The van der Waals surface area contributed by atoms with E-state index in [-0.39, 0.29) is 24.6 Å². The predicted molar refractivity (Wildman–Crippen MR) is 114 cm³/mol. The first-order chi connectivity index (χ1) is 13.0. The summed E-state index contributed by atoms with van der Waals surface area (Å²) in [6.45, 7) is 4.78. The quantitative estimate of drug-likeness (QED) is 0.538. The standard InChI is InChI=1S/C22H25N3O2.ClH/c1-22(2,11-17-13-24-20-9-5-4-8-19(17)20)25-14-18(26)15-27-21-10-6-3-7-16(21)12-23;/h3-10,13,18,24-26H,11,14-15H2,1-2H3;1H. The van der Waals surface area contributed by atoms with E-state index < -0.39 is 6.10 Å². The molecule has 6 heteroatoms. The number of nitrogens with zero attached hydrogens (tertiary/aromatic N) is 1. The van der Waals surface area contributed by atoms with Crippen LogP contribution in [0.5, 0.6) is 5.75 Å². The average molecular weight is 400 g/mol. The molecule has 1 heterocycles. The Hall–Kier alpha value is -2.52. The van der Waals surface area contributed by atoms with E-state index in [1.807, 2.05) is 24.4 Å². The van der Waals surface area contributed by atoms with Gasteiger partial charge in [-0.05, 0) is 44.0 Å². The Morgan fingerprint density at radius 2 is 1.89 bits per heavy atom. The molecule has 5 nitrogen and oxygen atoms in total. The predicted octanol–water partition coefficient (Wildman–Crippen LogP) is 3.81. The zero-order valence-electron chi connectivity index (χ0n) is 16.1. The van der Waals surface area contributed by atoms with E-state index in [0.29, 0.717) is 17.9 Å². The molecular formula is C22H26ClN3O2. The minimum absolute atomic E-state index is 0. The number of ether oxygens (including phenoxy) is 1. The van der Waals surface area contributed by atoms with Crippen LogP contribution in [0.2, 0.25) is 0 Å². The molecule has 0 fully saturated rings. The van der Waals surface area contributed by atoms with Gasteiger partial charge in [0.15, 0.2) is 0 Å². The van der Waals surface area contributed by atoms with Gasteiger partial charge in [0.2, 0.25) is 0 Å². The Morgan fingerprint density at radius 1 is 1.18 bits per heavy atom. The normalized spacial score (nSPS) is 12.2. The molecule has 3 rings (SSSR count). The lowest BCUT2D eigenvalue weighted by Crippen LogP contribution is -2.46. The van der Waals surface area contributed by atoms with Gasteiger partial charge in [-0.15, -0.1) is 12.4 Å². The third-order valence-electron chi connectivity index (χ3n) is 4.56. The third-order valence-corrected chi connectivity index (χ3v) is 4.56. The van der Waals surface area contributed by atoms with Crippen molar-refractivity contribution in [3.63, 3.8) is 0 Å². The molecule has 3 N–H and O–H groups in total. The molecule has 0 saturated carbocycles. The molecule has 148 valence electrons. The molecule has 0 aliphatic rings. The molecule has 1 unspecified atom stereocenters. The topological polar surface area (TPSA) is 81.1 Å². The number of nitrogens with one attached hydrogen (secondary N) is 2. The molecule has 3 aromatic rings. The summed E-state index contributed by atoms with van der Waals surface area (Å²) in [7, 11) is 0. The van der Waals surface area contributed by atoms with Crippen molar-refractivity contribution in [3.8, 4) is 11.8 Å². The summed E-state index contributed by atoms with van der Waals surface area (Å²) in [6.07, 6.45) is 2.22. The molecule has 1 atom stereocenters. The van der Waals surface area contributed by atoms with Crippen molar-refractivity contribution in [2.24, 2.45) is 0 Å². The number of aromatic nitrogens is 1. The lowest BCUT2D eigenvalue weighted by Gasteiger charge is -2.28. The Kier molecular flexibility index (Phi) is 7.47. The largest absolute Gasteiger partial charge is 0.489 e. The maximum Gasteiger partial charge on any atom is 0.137 e. The Morgan fingerprint density at radius 3 is 2.68 bits per heavy atom. The smallest absolute Gasteiger partial charge is 0.137 e. The summed E-state index contributed by atoms with van der Waals surface area (Å²) >= 11 is 0. The number of rotatable bonds is 8. The summed E-state index contributed by atoms with van der Waals surface area (Å²) in [4.78, 5) is 3.30. The summed E-state index contributed by atoms with van der Waals surface area (Å²) in [5.41, 5.74) is 2.67. The lowest BCUT2D eigenvalue weighted by molar-refractivity contribution is 0.0987. The van der Waals surface area contributed by atoms with Crippen molar-refractivity contribution in [3.05, 3.63) is 65.9 Å². The molecule has 0 amide bonds. The van der Waals surface area contributed by atoms with Crippen molar-refractivity contribution in [2.75, 3.05) is 13.2 Å². The Labute approximate surface area is 171 Å². The van der Waals surface area contributed by atoms with Crippen LogP contribution in [0, 0.1) is 11.3 Å². The zero-order valence-corrected chi connectivity index (χ0v) is 16.9. The zero-order chi connectivity index (χ0) is 19.3. The summed E-state index contributed by atoms with van der Waals surface area (Å²) in [6, 6.07) is 17.4. The van der Waals surface area contributed by atoms with Crippen LogP contribution in [-0.4, -0.2) is 34.9 Å². The number of para-hydroxylation sites is 2. The van der Waals surface area contributed by atoms with Crippen LogP contribution < -0.4 is 10.1 Å². The first-order valence-electron chi connectivity index (χ1n) is 9.08. The third kappa shape index (κ3) is 5.49. The highest BCUT2D eigenvalue weighted by Crippen LogP contribution is 2.22. The van der Waals surface area contributed by atoms with Gasteiger partial charge in [-0.3, -0.25) is 0 Å². The van der Waals surface area contributed by atoms with Gasteiger partial charge in [-0.25, -0.2) is 0 Å². The van der Waals surface area contributed by atoms with Crippen LogP contribution in [0.3, 0.4) is 0 Å². The number of benzene rings is 2. The van der Waals surface area contributed by atoms with Crippen LogP contribution in [0.25, 0.3) is 10.9 Å². The van der Waals surface area contributed by atoms with Crippen molar-refractivity contribution >= 4 is 23.3 Å². The van der Waals surface area contributed by atoms with E-state index in [4.69, 9.17) is 10.00 Å². The number of halogens is 1. The molecule has 1 aromatic heterocycles. The van der Waals surface area contributed by atoms with Gasteiger partial charge >= 0.3 is 0 Å². The van der Waals surface area contributed by atoms with Crippen LogP contribution in [0.4, 0.5) is 0 Å². The second kappa shape index (κ2) is 9.61. The number of aliphatic hydroxyl groups excluding tert-OH is 1. The number of H-pyrrole nitrogens is 1. The van der Waals surface area contributed by atoms with E-state index in [1.165, 1.54) is 10.9 Å². The highest BCUT2D eigenvalue weighted by molar-refractivity contribution is 5.85. The van der Waals surface area contributed by atoms with E-state index in [9.17, 15) is 5.11 Å². The number of hydrogen-bond donors (Lipinski definition) is 3. The molecule has 0 radical (unpaired) electrons. The van der Waals surface area contributed by atoms with Crippen LogP contribution in [0.1, 0.15) is 25.0 Å². The number of nitriles is 1. The molecule has 2 aromatic carbocycles. The van der Waals surface area contributed by atoms with Gasteiger partial charge in [0.05, 0.1) is 5.56 Å². The Balaban J connectivity index is 0.00000280. The fourth-order valence-electron chi connectivity index (χ4n) is 3.14. The monoisotopic (exact) mass is 399 g/mol. The maximum absolute atomic E-state index is 10.3. The molecule has 28 heavy (non-hydrogen) atoms. The van der Waals surface area contributed by atoms with Crippen molar-refractivity contribution in [1.82, 2.24) is 10.3 Å². The van der Waals surface area contributed by atoms with E-state index in [1.54, 1.807) is 18.2 Å². The first-order valence-corrected chi connectivity index (χ1v) is 9.08. The van der Waals surface area contributed by atoms with Crippen LogP contribution >= 0.6 is 12.4 Å². The molecule has 0 saturated heterocycles. The fraction of sp³-hybridized carbons (Fsp3) is 0.318. The number of fused-ring (bicyclic) bond motifs is 1. The Bertz CT molecular complexity index is 946. The van der Waals surface area contributed by atoms with E-state index in [2.05, 4.69) is 42.4 Å². The van der Waals surface area contributed by atoms with Crippen LogP contribution in [-0.2, 0) is 6.42 Å². The summed E-state index contributed by atoms with van der Waals surface area (Å²) in [5, 5.41) is 24.0. The van der Waals surface area contributed by atoms with E-state index >= 15 is 0 Å². The minimum atomic E-state index is -0.668. The van der Waals surface area contributed by atoms with Crippen molar-refractivity contribution in [1.29, 1.82) is 5.26 Å². The average Bonchev–Trinajstić information content (AvgIpc) is 3.07. The number of aromatic amines is 1. The maximum atomic E-state index is 10.3. The number of β-amino-alcohol motifs (C(OH)–C–C–N with tert-alkyl or cyclic N) is 1.